The summed E-state index contributed by atoms with van der Waals surface area (Å²) < 4.78 is 28.5. The van der Waals surface area contributed by atoms with Crippen LogP contribution in [0.25, 0.3) is 0 Å². The van der Waals surface area contributed by atoms with Gasteiger partial charge in [0.2, 0.25) is 0 Å². The molecule has 1 aliphatic carbocycles. The van der Waals surface area contributed by atoms with Crippen molar-refractivity contribution in [2.45, 2.75) is 21.5 Å². The van der Waals surface area contributed by atoms with Crippen molar-refractivity contribution in [2.75, 3.05) is 0 Å². The zero-order valence-electron chi connectivity index (χ0n) is 11.6. The number of carbonyl (C=O) groups excluding carboxylic acids is 1. The van der Waals surface area contributed by atoms with Gasteiger partial charge in [-0.1, -0.05) is 37.9 Å². The molecular formula is C13H10Br2N2O5S. The van der Waals surface area contributed by atoms with Crippen LogP contribution in [0.3, 0.4) is 0 Å². The van der Waals surface area contributed by atoms with Crippen LogP contribution in [0.1, 0.15) is 6.92 Å². The number of nitrogens with zero attached hydrogens (tertiary/aromatic N) is 2. The first kappa shape index (κ1) is 18.0. The van der Waals surface area contributed by atoms with Crippen molar-refractivity contribution < 1.29 is 18.1 Å². The van der Waals surface area contributed by atoms with Gasteiger partial charge in [0.1, 0.15) is 0 Å². The van der Waals surface area contributed by atoms with Crippen molar-refractivity contribution in [1.29, 1.82) is 0 Å². The number of hydrogen-bond acceptors (Lipinski definition) is 5. The molecular weight excluding hydrogens is 456 g/mol. The first-order valence-corrected chi connectivity index (χ1v) is 9.50. The molecule has 0 saturated carbocycles. The van der Waals surface area contributed by atoms with Crippen LogP contribution >= 0.6 is 31.9 Å². The fraction of sp³-hybridized carbons (Fsp3) is 0.231. The van der Waals surface area contributed by atoms with Gasteiger partial charge in [-0.25, -0.2) is 0 Å². The smallest absolute Gasteiger partial charge is 0.282 e. The van der Waals surface area contributed by atoms with Crippen LogP contribution in [0.4, 0.5) is 5.69 Å². The van der Waals surface area contributed by atoms with Crippen LogP contribution in [-0.4, -0.2) is 34.5 Å². The van der Waals surface area contributed by atoms with Gasteiger partial charge in [-0.2, -0.15) is 12.8 Å². The molecule has 0 fully saturated rings. The van der Waals surface area contributed by atoms with Gasteiger partial charge in [-0.15, -0.1) is 0 Å². The zero-order valence-corrected chi connectivity index (χ0v) is 15.6. The van der Waals surface area contributed by atoms with Crippen molar-refractivity contribution >= 4 is 59.1 Å². The van der Waals surface area contributed by atoms with E-state index in [1.807, 2.05) is 0 Å². The molecule has 2 rings (SSSR count). The molecule has 10 heteroatoms. The highest BCUT2D eigenvalue weighted by Gasteiger charge is 2.33. The molecule has 0 N–H and O–H groups in total. The Morgan fingerprint density at radius 1 is 1.26 bits per heavy atom. The summed E-state index contributed by atoms with van der Waals surface area (Å²) in [5.74, 6) is -0.198. The average molecular weight is 466 g/mol. The molecule has 0 radical (unpaired) electrons. The topological polar surface area (TPSA) is 107 Å². The van der Waals surface area contributed by atoms with E-state index in [0.29, 0.717) is 5.57 Å². The zero-order chi connectivity index (χ0) is 17.4. The van der Waals surface area contributed by atoms with E-state index >= 15 is 0 Å². The first-order valence-electron chi connectivity index (χ1n) is 6.23. The molecule has 2 atom stereocenters. The Bertz CT molecular complexity index is 848. The maximum absolute atomic E-state index is 12.4. The normalized spacial score (nSPS) is 23.7. The summed E-state index contributed by atoms with van der Waals surface area (Å²) in [5, 5.41) is 10.8. The highest BCUT2D eigenvalue weighted by Crippen LogP contribution is 2.28. The Hall–Kier alpha value is -1.39. The predicted molar refractivity (Wildman–Crippen MR) is 91.9 cm³/mol. The molecule has 0 aromatic heterocycles. The number of benzene rings is 1. The van der Waals surface area contributed by atoms with Crippen molar-refractivity contribution in [2.24, 2.45) is 4.40 Å². The summed E-state index contributed by atoms with van der Waals surface area (Å²) in [6.45, 7) is 1.58. The monoisotopic (exact) mass is 464 g/mol. The molecule has 7 nitrogen and oxygen atoms in total. The van der Waals surface area contributed by atoms with Crippen LogP contribution in [0.5, 0.6) is 0 Å². The minimum Gasteiger partial charge on any atom is -0.294 e. The van der Waals surface area contributed by atoms with E-state index in [1.54, 1.807) is 6.92 Å². The van der Waals surface area contributed by atoms with Gasteiger partial charge >= 0.3 is 0 Å². The van der Waals surface area contributed by atoms with Gasteiger partial charge in [0.15, 0.2) is 5.78 Å². The number of nitro benzene ring substituents is 1. The minimum atomic E-state index is -4.14. The number of carbonyl (C=O) groups is 1. The van der Waals surface area contributed by atoms with Crippen molar-refractivity contribution in [3.05, 3.63) is 46.0 Å². The molecule has 1 aromatic carbocycles. The summed E-state index contributed by atoms with van der Waals surface area (Å²) in [7, 11) is -4.14. The molecule has 1 aromatic rings. The number of hydrogen-bond donors (Lipinski definition) is 0. The summed E-state index contributed by atoms with van der Waals surface area (Å²) in [5.41, 5.74) is 0.255. The molecule has 0 spiro atoms. The predicted octanol–water partition coefficient (Wildman–Crippen LogP) is 2.78. The SMILES string of the molecule is CC1=CC(=O)[C@@H](Br)[C@H](Br)C1=NS(=O)(=O)c1cccc([N+](=O)[O-])c1. The van der Waals surface area contributed by atoms with Gasteiger partial charge < -0.3 is 0 Å². The number of rotatable bonds is 3. The fourth-order valence-electron chi connectivity index (χ4n) is 1.93. The highest BCUT2D eigenvalue weighted by molar-refractivity contribution is 9.12. The quantitative estimate of drug-likeness (QED) is 0.387. The Labute approximate surface area is 148 Å². The number of ketones is 1. The van der Waals surface area contributed by atoms with Crippen LogP contribution in [0.2, 0.25) is 0 Å². The molecule has 23 heavy (non-hydrogen) atoms. The van der Waals surface area contributed by atoms with Gasteiger partial charge in [0, 0.05) is 12.1 Å². The van der Waals surface area contributed by atoms with E-state index in [-0.39, 0.29) is 22.1 Å². The summed E-state index contributed by atoms with van der Waals surface area (Å²) in [6, 6.07) is 4.64. The molecule has 0 saturated heterocycles. The summed E-state index contributed by atoms with van der Waals surface area (Å²) >= 11 is 6.43. The summed E-state index contributed by atoms with van der Waals surface area (Å²) in [4.78, 5) is 20.2. The third-order valence-electron chi connectivity index (χ3n) is 3.10. The third kappa shape index (κ3) is 3.75. The van der Waals surface area contributed by atoms with E-state index in [2.05, 4.69) is 36.3 Å². The van der Waals surface area contributed by atoms with E-state index < -0.39 is 24.6 Å². The van der Waals surface area contributed by atoms with E-state index in [4.69, 9.17) is 0 Å². The third-order valence-corrected chi connectivity index (χ3v) is 7.04. The second-order valence-corrected chi connectivity index (χ2v) is 8.32. The van der Waals surface area contributed by atoms with Crippen LogP contribution in [0.15, 0.2) is 45.2 Å². The molecule has 0 unspecified atom stereocenters. The number of allylic oxidation sites excluding steroid dienone is 2. The number of non-ortho nitro benzene ring substituents is 1. The maximum Gasteiger partial charge on any atom is 0.282 e. The molecule has 0 heterocycles. The Kier molecular flexibility index (Phi) is 5.17. The second kappa shape index (κ2) is 6.62. The van der Waals surface area contributed by atoms with Gasteiger partial charge in [0.05, 0.1) is 25.2 Å². The van der Waals surface area contributed by atoms with E-state index in [1.165, 1.54) is 24.3 Å². The average Bonchev–Trinajstić information content (AvgIpc) is 2.49. The number of halogens is 2. The Morgan fingerprint density at radius 2 is 1.91 bits per heavy atom. The lowest BCUT2D eigenvalue weighted by molar-refractivity contribution is -0.385. The van der Waals surface area contributed by atoms with Crippen LogP contribution in [-0.2, 0) is 14.8 Å². The number of sulfonamides is 1. The Morgan fingerprint density at radius 3 is 2.52 bits per heavy atom. The second-order valence-electron chi connectivity index (χ2n) is 4.74. The minimum absolute atomic E-state index is 0.179. The van der Waals surface area contributed by atoms with E-state index in [9.17, 15) is 23.3 Å². The Balaban J connectivity index is 2.52. The largest absolute Gasteiger partial charge is 0.294 e. The number of nitro groups is 1. The first-order chi connectivity index (χ1) is 10.6. The van der Waals surface area contributed by atoms with Gasteiger partial charge in [-0.3, -0.25) is 14.9 Å². The molecule has 1 aliphatic rings. The maximum atomic E-state index is 12.4. The van der Waals surface area contributed by atoms with Crippen LogP contribution in [0, 0.1) is 10.1 Å². The van der Waals surface area contributed by atoms with Gasteiger partial charge in [0.25, 0.3) is 15.7 Å². The van der Waals surface area contributed by atoms with Crippen molar-refractivity contribution in [3.8, 4) is 0 Å². The standard InChI is InChI=1S/C13H10Br2N2O5S/c1-7-5-10(18)11(14)12(15)13(7)16-23(21,22)9-4-2-3-8(6-9)17(19)20/h2-6,11-12H,1H3/t11-,12+/m1/s1. The molecule has 0 aliphatic heterocycles. The highest BCUT2D eigenvalue weighted by atomic mass is 79.9. The van der Waals surface area contributed by atoms with Crippen LogP contribution < -0.4 is 0 Å². The van der Waals surface area contributed by atoms with E-state index in [0.717, 1.165) is 6.07 Å². The lowest BCUT2D eigenvalue weighted by Crippen LogP contribution is -2.35. The summed E-state index contributed by atoms with van der Waals surface area (Å²) in [6.07, 6.45) is 1.30. The lowest BCUT2D eigenvalue weighted by atomic mass is 9.98. The van der Waals surface area contributed by atoms with Gasteiger partial charge in [-0.05, 0) is 24.6 Å². The lowest BCUT2D eigenvalue weighted by Gasteiger charge is -2.22. The molecule has 0 bridgehead atoms. The van der Waals surface area contributed by atoms with Crippen molar-refractivity contribution in [1.82, 2.24) is 0 Å². The van der Waals surface area contributed by atoms with Crippen molar-refractivity contribution in [3.63, 3.8) is 0 Å². The fourth-order valence-corrected chi connectivity index (χ4v) is 4.31. The molecule has 0 amide bonds. The number of alkyl halides is 2. The molecule has 122 valence electrons.